The number of carbonyl (C=O) groups is 1. The van der Waals surface area contributed by atoms with Crippen LogP contribution in [0.15, 0.2) is 0 Å². The molecule has 0 spiro atoms. The van der Waals surface area contributed by atoms with Gasteiger partial charge in [-0.2, -0.15) is 11.8 Å². The molecule has 1 saturated heterocycles. The molecule has 2 aliphatic rings. The van der Waals surface area contributed by atoms with Gasteiger partial charge in [-0.25, -0.2) is 10.3 Å². The van der Waals surface area contributed by atoms with Crippen molar-refractivity contribution in [2.45, 2.75) is 43.0 Å². The van der Waals surface area contributed by atoms with Gasteiger partial charge in [-0.1, -0.05) is 12.8 Å². The monoisotopic (exact) mass is 246 g/mol. The molecule has 4 unspecified atom stereocenters. The highest BCUT2D eigenvalue weighted by Gasteiger charge is 2.43. The van der Waals surface area contributed by atoms with Crippen molar-refractivity contribution < 1.29 is 15.1 Å². The summed E-state index contributed by atoms with van der Waals surface area (Å²) in [5.41, 5.74) is 2.37. The van der Waals surface area contributed by atoms with Crippen molar-refractivity contribution in [2.75, 3.05) is 5.75 Å². The molecule has 92 valence electrons. The number of carboxylic acid groups (broad SMARTS) is 1. The number of thioether (sulfide) groups is 1. The van der Waals surface area contributed by atoms with Gasteiger partial charge in [0.25, 0.3) is 0 Å². The molecule has 1 aliphatic carbocycles. The van der Waals surface area contributed by atoms with Gasteiger partial charge in [-0.3, -0.25) is 0 Å². The predicted molar refractivity (Wildman–Crippen MR) is 61.9 cm³/mol. The van der Waals surface area contributed by atoms with Crippen molar-refractivity contribution in [1.82, 2.24) is 10.8 Å². The number of hydrogen-bond donors (Lipinski definition) is 4. The first-order chi connectivity index (χ1) is 7.72. The van der Waals surface area contributed by atoms with Crippen LogP contribution in [0, 0.1) is 5.92 Å². The maximum atomic E-state index is 10.7. The lowest BCUT2D eigenvalue weighted by atomic mass is 9.89. The summed E-state index contributed by atoms with van der Waals surface area (Å²) in [5.74, 6) is 1.04. The largest absolute Gasteiger partial charge is 0.465 e. The van der Waals surface area contributed by atoms with Gasteiger partial charge in [0.15, 0.2) is 0 Å². The maximum Gasteiger partial charge on any atom is 0.404 e. The van der Waals surface area contributed by atoms with E-state index in [0.29, 0.717) is 5.25 Å². The third kappa shape index (κ3) is 2.44. The summed E-state index contributed by atoms with van der Waals surface area (Å²) in [4.78, 5) is 10.7. The van der Waals surface area contributed by atoms with E-state index in [0.717, 1.165) is 25.0 Å². The topological polar surface area (TPSA) is 81.6 Å². The van der Waals surface area contributed by atoms with Crippen LogP contribution in [0.3, 0.4) is 0 Å². The first-order valence-corrected chi connectivity index (χ1v) is 6.78. The molecule has 1 heterocycles. The quantitative estimate of drug-likeness (QED) is 0.552. The van der Waals surface area contributed by atoms with Gasteiger partial charge in [-0.15, -0.1) is 0 Å². The van der Waals surface area contributed by atoms with Crippen LogP contribution in [0.25, 0.3) is 0 Å². The second-order valence-corrected chi connectivity index (χ2v) is 5.80. The minimum atomic E-state index is -0.966. The number of amides is 1. The average Bonchev–Trinajstić information content (AvgIpc) is 2.51. The van der Waals surface area contributed by atoms with Crippen LogP contribution in [0.1, 0.15) is 25.7 Å². The molecule has 1 amide bonds. The highest BCUT2D eigenvalue weighted by atomic mass is 32.2. The average molecular weight is 246 g/mol. The van der Waals surface area contributed by atoms with Gasteiger partial charge in [0.1, 0.15) is 0 Å². The fourth-order valence-corrected chi connectivity index (χ4v) is 4.57. The van der Waals surface area contributed by atoms with Crippen LogP contribution in [0.4, 0.5) is 4.79 Å². The molecule has 2 rings (SSSR count). The summed E-state index contributed by atoms with van der Waals surface area (Å²) in [6.07, 6.45) is 3.37. The molecule has 0 aromatic heterocycles. The SMILES string of the molecule is O=C(O)NC1CSC2CCCCC(NO)C12. The summed E-state index contributed by atoms with van der Waals surface area (Å²) in [6, 6.07) is -0.00500. The first-order valence-electron chi connectivity index (χ1n) is 5.73. The van der Waals surface area contributed by atoms with Crippen molar-refractivity contribution >= 4 is 17.9 Å². The van der Waals surface area contributed by atoms with Crippen molar-refractivity contribution in [3.63, 3.8) is 0 Å². The Morgan fingerprint density at radius 2 is 2.00 bits per heavy atom. The standard InChI is InChI=1S/C10H18N2O3S/c13-10(14)11-7-5-16-8-4-2-1-3-6(12-15)9(7)8/h6-9,11-12,15H,1-5H2,(H,13,14). The number of hydroxylamine groups is 1. The zero-order chi connectivity index (χ0) is 11.5. The minimum Gasteiger partial charge on any atom is -0.465 e. The fourth-order valence-electron chi connectivity index (χ4n) is 2.87. The fraction of sp³-hybridized carbons (Fsp3) is 0.900. The Morgan fingerprint density at radius 1 is 1.25 bits per heavy atom. The van der Waals surface area contributed by atoms with Crippen LogP contribution in [0.2, 0.25) is 0 Å². The molecular formula is C10H18N2O3S. The molecule has 0 radical (unpaired) electrons. The number of nitrogens with one attached hydrogen (secondary N) is 2. The predicted octanol–water partition coefficient (Wildman–Crippen LogP) is 1.28. The second-order valence-electron chi connectivity index (χ2n) is 4.53. The molecule has 6 heteroatoms. The first kappa shape index (κ1) is 12.0. The summed E-state index contributed by atoms with van der Waals surface area (Å²) in [6.45, 7) is 0. The maximum absolute atomic E-state index is 10.7. The summed E-state index contributed by atoms with van der Waals surface area (Å²) >= 11 is 1.83. The zero-order valence-corrected chi connectivity index (χ0v) is 9.87. The van der Waals surface area contributed by atoms with Gasteiger partial charge in [0.2, 0.25) is 0 Å². The van der Waals surface area contributed by atoms with Gasteiger partial charge >= 0.3 is 6.09 Å². The van der Waals surface area contributed by atoms with E-state index in [-0.39, 0.29) is 18.0 Å². The number of rotatable bonds is 2. The second kappa shape index (κ2) is 5.25. The van der Waals surface area contributed by atoms with Gasteiger partial charge in [-0.05, 0) is 12.8 Å². The summed E-state index contributed by atoms with van der Waals surface area (Å²) in [7, 11) is 0. The molecule has 1 aliphatic heterocycles. The lowest BCUT2D eigenvalue weighted by Gasteiger charge is -2.28. The van der Waals surface area contributed by atoms with Crippen LogP contribution >= 0.6 is 11.8 Å². The van der Waals surface area contributed by atoms with E-state index in [4.69, 9.17) is 5.11 Å². The van der Waals surface area contributed by atoms with Crippen molar-refractivity contribution in [2.24, 2.45) is 5.92 Å². The lowest BCUT2D eigenvalue weighted by molar-refractivity contribution is 0.0859. The van der Waals surface area contributed by atoms with E-state index in [1.807, 2.05) is 11.8 Å². The summed E-state index contributed by atoms with van der Waals surface area (Å²) < 4.78 is 0. The Hall–Kier alpha value is -0.460. The zero-order valence-electron chi connectivity index (χ0n) is 9.06. The van der Waals surface area contributed by atoms with E-state index in [2.05, 4.69) is 10.8 Å². The Kier molecular flexibility index (Phi) is 3.94. The third-order valence-electron chi connectivity index (χ3n) is 3.58. The smallest absolute Gasteiger partial charge is 0.404 e. The van der Waals surface area contributed by atoms with Crippen LogP contribution in [0.5, 0.6) is 0 Å². The lowest BCUT2D eigenvalue weighted by Crippen LogP contribution is -2.49. The highest BCUT2D eigenvalue weighted by molar-refractivity contribution is 8.00. The van der Waals surface area contributed by atoms with Crippen molar-refractivity contribution in [3.05, 3.63) is 0 Å². The Balaban J connectivity index is 2.08. The van der Waals surface area contributed by atoms with Crippen molar-refractivity contribution in [3.8, 4) is 0 Å². The molecule has 0 aromatic carbocycles. The van der Waals surface area contributed by atoms with E-state index >= 15 is 0 Å². The normalized spacial score (nSPS) is 38.8. The Morgan fingerprint density at radius 3 is 2.69 bits per heavy atom. The molecule has 4 N–H and O–H groups in total. The van der Waals surface area contributed by atoms with Crippen LogP contribution in [-0.4, -0.2) is 39.5 Å². The minimum absolute atomic E-state index is 0.0272. The molecule has 0 aromatic rings. The molecular weight excluding hydrogens is 228 g/mol. The van der Waals surface area contributed by atoms with E-state index < -0.39 is 6.09 Å². The van der Waals surface area contributed by atoms with Gasteiger partial charge in [0, 0.05) is 29.0 Å². The van der Waals surface area contributed by atoms with Crippen molar-refractivity contribution in [1.29, 1.82) is 0 Å². The molecule has 4 atom stereocenters. The third-order valence-corrected chi connectivity index (χ3v) is 5.11. The van der Waals surface area contributed by atoms with E-state index in [9.17, 15) is 10.0 Å². The molecule has 16 heavy (non-hydrogen) atoms. The molecule has 0 bridgehead atoms. The Labute approximate surface area is 98.9 Å². The van der Waals surface area contributed by atoms with Crippen LogP contribution in [-0.2, 0) is 0 Å². The van der Waals surface area contributed by atoms with Crippen LogP contribution < -0.4 is 10.8 Å². The summed E-state index contributed by atoms with van der Waals surface area (Å²) in [5, 5.41) is 21.0. The number of hydrogen-bond acceptors (Lipinski definition) is 4. The van der Waals surface area contributed by atoms with E-state index in [1.54, 1.807) is 0 Å². The molecule has 2 fully saturated rings. The van der Waals surface area contributed by atoms with E-state index in [1.165, 1.54) is 6.42 Å². The molecule has 1 saturated carbocycles. The highest BCUT2D eigenvalue weighted by Crippen LogP contribution is 2.41. The molecule has 5 nitrogen and oxygen atoms in total. The Bertz CT molecular complexity index is 264. The number of fused-ring (bicyclic) bond motifs is 1. The van der Waals surface area contributed by atoms with Gasteiger partial charge < -0.3 is 15.6 Å². The van der Waals surface area contributed by atoms with Gasteiger partial charge in [0.05, 0.1) is 0 Å².